The Labute approximate surface area is 290 Å². The predicted octanol–water partition coefficient (Wildman–Crippen LogP) is 9.33. The molecule has 0 unspecified atom stereocenters. The summed E-state index contributed by atoms with van der Waals surface area (Å²) in [5, 5.41) is 4.54. The van der Waals surface area contributed by atoms with E-state index in [9.17, 15) is 4.79 Å². The van der Waals surface area contributed by atoms with Crippen LogP contribution in [0.25, 0.3) is 22.6 Å². The van der Waals surface area contributed by atoms with Gasteiger partial charge < -0.3 is 19.5 Å². The molecule has 1 aliphatic heterocycles. The Morgan fingerprint density at radius 3 is 2.32 bits per heavy atom. The Morgan fingerprint density at radius 1 is 0.936 bits per heavy atom. The fraction of sp³-hybridized carbons (Fsp3) is 0.568. The lowest BCUT2D eigenvalue weighted by molar-refractivity contribution is -0.137. The highest BCUT2D eigenvalue weighted by molar-refractivity contribution is 6.42. The number of carbonyl (C=O) groups excluding carboxylic acids is 1. The molecule has 1 aliphatic carbocycles. The molecule has 1 saturated heterocycles. The van der Waals surface area contributed by atoms with Gasteiger partial charge in [-0.25, -0.2) is 19.7 Å². The summed E-state index contributed by atoms with van der Waals surface area (Å²) in [7, 11) is 2.20. The number of imidazole rings is 1. The van der Waals surface area contributed by atoms with Gasteiger partial charge in [-0.1, -0.05) is 80.3 Å². The molecule has 3 aromatic rings. The summed E-state index contributed by atoms with van der Waals surface area (Å²) in [5.41, 5.74) is 3.78. The van der Waals surface area contributed by atoms with E-state index in [-0.39, 0.29) is 5.97 Å². The minimum Gasteiger partial charge on any atom is -0.463 e. The number of anilines is 1. The molecule has 0 atom stereocenters. The van der Waals surface area contributed by atoms with Crippen molar-refractivity contribution in [1.82, 2.24) is 24.4 Å². The van der Waals surface area contributed by atoms with Gasteiger partial charge in [-0.05, 0) is 83.8 Å². The van der Waals surface area contributed by atoms with Gasteiger partial charge in [-0.2, -0.15) is 0 Å². The number of nitrogens with one attached hydrogen (secondary N) is 1. The monoisotopic (exact) mass is 680 g/mol. The van der Waals surface area contributed by atoms with Crippen molar-refractivity contribution < 1.29 is 9.53 Å². The van der Waals surface area contributed by atoms with Crippen molar-refractivity contribution in [3.8, 4) is 22.6 Å². The number of rotatable bonds is 18. The van der Waals surface area contributed by atoms with Crippen LogP contribution in [-0.4, -0.2) is 63.2 Å². The zero-order valence-corrected chi connectivity index (χ0v) is 29.5. The predicted molar refractivity (Wildman–Crippen MR) is 192 cm³/mol. The van der Waals surface area contributed by atoms with Gasteiger partial charge in [0.25, 0.3) is 0 Å². The maximum Gasteiger partial charge on any atom is 0.330 e. The molecule has 2 fully saturated rings. The van der Waals surface area contributed by atoms with Crippen molar-refractivity contribution in [1.29, 1.82) is 0 Å². The molecule has 2 aromatic heterocycles. The van der Waals surface area contributed by atoms with Crippen LogP contribution in [0.4, 0.5) is 5.95 Å². The van der Waals surface area contributed by atoms with Crippen LogP contribution in [0.3, 0.4) is 0 Å². The van der Waals surface area contributed by atoms with Crippen LogP contribution in [0.5, 0.6) is 0 Å². The zero-order valence-electron chi connectivity index (χ0n) is 28.0. The summed E-state index contributed by atoms with van der Waals surface area (Å²) in [6.07, 6.45) is 20.0. The number of piperidine rings is 1. The lowest BCUT2D eigenvalue weighted by atomic mass is 9.96. The second kappa shape index (κ2) is 18.0. The smallest absolute Gasteiger partial charge is 0.330 e. The maximum atomic E-state index is 11.4. The van der Waals surface area contributed by atoms with Crippen LogP contribution >= 0.6 is 23.2 Å². The van der Waals surface area contributed by atoms with Crippen LogP contribution in [0, 0.1) is 0 Å². The largest absolute Gasteiger partial charge is 0.463 e. The second-order valence-electron chi connectivity index (χ2n) is 13.1. The van der Waals surface area contributed by atoms with E-state index in [1.807, 2.05) is 37.4 Å². The standard InChI is InChI=1S/C37H50Cl2N6O2/c1-3-13-33(46)47-25-12-10-8-6-4-5-7-9-11-22-45-35(32-18-21-40-37(42-32)41-29-15-16-29)34(28-14-17-30(38)31(39)26-28)43-36(45)27-19-23-44(2)24-20-27/h3,13-14,17-18,21,26-27,29H,4-12,15-16,19-20,22-25H2,1-2H3,(H,40,41,42). The first kappa shape index (κ1) is 35.4. The molecule has 47 heavy (non-hydrogen) atoms. The third-order valence-electron chi connectivity index (χ3n) is 9.16. The molecule has 8 nitrogen and oxygen atoms in total. The van der Waals surface area contributed by atoms with E-state index in [1.54, 1.807) is 6.08 Å². The molecular formula is C37H50Cl2N6O2. The van der Waals surface area contributed by atoms with Crippen LogP contribution in [-0.2, 0) is 16.1 Å². The first-order chi connectivity index (χ1) is 22.9. The quantitative estimate of drug-likeness (QED) is 0.0814. The highest BCUT2D eigenvalue weighted by Gasteiger charge is 2.29. The topological polar surface area (TPSA) is 85.2 Å². The first-order valence-electron chi connectivity index (χ1n) is 17.6. The number of carbonyl (C=O) groups is 1. The number of halogens is 2. The molecule has 1 N–H and O–H groups in total. The zero-order chi connectivity index (χ0) is 33.0. The molecule has 0 amide bonds. The molecule has 0 radical (unpaired) electrons. The fourth-order valence-electron chi connectivity index (χ4n) is 6.32. The molecule has 0 bridgehead atoms. The minimum atomic E-state index is -0.244. The van der Waals surface area contributed by atoms with Crippen LogP contribution in [0.15, 0.2) is 42.6 Å². The van der Waals surface area contributed by atoms with E-state index < -0.39 is 0 Å². The van der Waals surface area contributed by atoms with E-state index in [0.717, 1.165) is 93.0 Å². The molecule has 254 valence electrons. The van der Waals surface area contributed by atoms with Gasteiger partial charge in [-0.3, -0.25) is 0 Å². The molecule has 5 rings (SSSR count). The summed E-state index contributed by atoms with van der Waals surface area (Å²) < 4.78 is 7.64. The molecule has 1 aromatic carbocycles. The Bertz CT molecular complexity index is 1480. The lowest BCUT2D eigenvalue weighted by Gasteiger charge is -2.29. The minimum absolute atomic E-state index is 0.244. The number of likely N-dealkylation sites (tertiary alicyclic amines) is 1. The summed E-state index contributed by atoms with van der Waals surface area (Å²) in [6.45, 7) is 5.37. The van der Waals surface area contributed by atoms with E-state index in [0.29, 0.717) is 34.6 Å². The number of hydrogen-bond acceptors (Lipinski definition) is 7. The van der Waals surface area contributed by atoms with Gasteiger partial charge >= 0.3 is 5.97 Å². The second-order valence-corrected chi connectivity index (χ2v) is 13.9. The number of ether oxygens (including phenoxy) is 1. The highest BCUT2D eigenvalue weighted by atomic mass is 35.5. The number of aromatic nitrogens is 4. The molecule has 1 saturated carbocycles. The molecular weight excluding hydrogens is 631 g/mol. The first-order valence-corrected chi connectivity index (χ1v) is 18.3. The van der Waals surface area contributed by atoms with Gasteiger partial charge in [0.2, 0.25) is 5.95 Å². The van der Waals surface area contributed by atoms with E-state index in [1.165, 1.54) is 44.6 Å². The van der Waals surface area contributed by atoms with Gasteiger partial charge in [0.1, 0.15) is 5.82 Å². The number of nitrogens with zero attached hydrogens (tertiary/aromatic N) is 5. The number of unbranched alkanes of at least 4 members (excludes halogenated alkanes) is 8. The maximum absolute atomic E-state index is 11.4. The van der Waals surface area contributed by atoms with E-state index in [4.69, 9.17) is 37.9 Å². The summed E-state index contributed by atoms with van der Waals surface area (Å²) in [6, 6.07) is 8.28. The SMILES string of the molecule is CC=CC(=O)OCCCCCCCCCCCn1c(C2CCN(C)CC2)nc(-c2ccc(Cl)c(Cl)c2)c1-c1ccnc(NC2CC2)n1. The number of esters is 1. The van der Waals surface area contributed by atoms with Crippen LogP contribution in [0.1, 0.15) is 102 Å². The van der Waals surface area contributed by atoms with Gasteiger partial charge in [0.05, 0.1) is 33.7 Å². The van der Waals surface area contributed by atoms with Gasteiger partial charge in [0, 0.05) is 36.3 Å². The van der Waals surface area contributed by atoms with E-state index >= 15 is 0 Å². The number of hydrogen-bond donors (Lipinski definition) is 1. The fourth-order valence-corrected chi connectivity index (χ4v) is 6.61. The van der Waals surface area contributed by atoms with Crippen LogP contribution < -0.4 is 5.32 Å². The van der Waals surface area contributed by atoms with Gasteiger partial charge in [-0.15, -0.1) is 0 Å². The van der Waals surface area contributed by atoms with Crippen molar-refractivity contribution >= 4 is 35.1 Å². The average molecular weight is 682 g/mol. The number of benzene rings is 1. The third-order valence-corrected chi connectivity index (χ3v) is 9.89. The molecule has 10 heteroatoms. The summed E-state index contributed by atoms with van der Waals surface area (Å²) in [4.78, 5) is 28.8. The Balaban J connectivity index is 1.27. The van der Waals surface area contributed by atoms with E-state index in [2.05, 4.69) is 26.8 Å². The summed E-state index contributed by atoms with van der Waals surface area (Å²) >= 11 is 12.9. The Hall–Kier alpha value is -2.94. The lowest BCUT2D eigenvalue weighted by Crippen LogP contribution is -2.30. The van der Waals surface area contributed by atoms with Crippen molar-refractivity contribution in [3.63, 3.8) is 0 Å². The number of allylic oxidation sites excluding steroid dienone is 1. The normalized spacial score (nSPS) is 15.8. The molecule has 2 aliphatic rings. The van der Waals surface area contributed by atoms with Crippen molar-refractivity contribution in [3.05, 3.63) is 58.5 Å². The van der Waals surface area contributed by atoms with Crippen LogP contribution in [0.2, 0.25) is 10.0 Å². The molecule has 0 spiro atoms. The molecule has 3 heterocycles. The van der Waals surface area contributed by atoms with Gasteiger partial charge in [0.15, 0.2) is 0 Å². The Kier molecular flexibility index (Phi) is 13.5. The van der Waals surface area contributed by atoms with Crippen molar-refractivity contribution in [2.24, 2.45) is 0 Å². The summed E-state index contributed by atoms with van der Waals surface area (Å²) in [5.74, 6) is 1.97. The van der Waals surface area contributed by atoms with Crippen molar-refractivity contribution in [2.75, 3.05) is 32.1 Å². The van der Waals surface area contributed by atoms with Crippen molar-refractivity contribution in [2.45, 2.75) is 109 Å². The average Bonchev–Trinajstić information content (AvgIpc) is 3.80. The Morgan fingerprint density at radius 2 is 1.64 bits per heavy atom. The third kappa shape index (κ3) is 10.5. The highest BCUT2D eigenvalue weighted by Crippen LogP contribution is 2.39.